The van der Waals surface area contributed by atoms with Gasteiger partial charge in [-0.25, -0.2) is 19.9 Å². The van der Waals surface area contributed by atoms with Gasteiger partial charge in [0.25, 0.3) is 0 Å². The minimum atomic E-state index is 0.451. The zero-order valence-corrected chi connectivity index (χ0v) is 22.8. The van der Waals surface area contributed by atoms with Crippen LogP contribution in [0, 0.1) is 6.92 Å². The van der Waals surface area contributed by atoms with E-state index in [1.807, 2.05) is 41.9 Å². The molecule has 0 spiro atoms. The van der Waals surface area contributed by atoms with Crippen LogP contribution >= 0.6 is 34.3 Å². The Morgan fingerprint density at radius 1 is 0.842 bits per heavy atom. The van der Waals surface area contributed by atoms with Crippen molar-refractivity contribution in [2.24, 2.45) is 0 Å². The molecule has 0 aromatic carbocycles. The van der Waals surface area contributed by atoms with Crippen LogP contribution in [-0.4, -0.2) is 40.3 Å². The Labute approximate surface area is 231 Å². The number of aromatic nitrogens is 8. The van der Waals surface area contributed by atoms with Crippen molar-refractivity contribution in [2.75, 3.05) is 10.6 Å². The maximum absolute atomic E-state index is 5.82. The second-order valence-corrected chi connectivity index (χ2v) is 10.3. The Bertz CT molecular complexity index is 1590. The van der Waals surface area contributed by atoms with Gasteiger partial charge in [-0.1, -0.05) is 30.7 Å². The highest BCUT2D eigenvalue weighted by molar-refractivity contribution is 7.16. The molecule has 0 aliphatic rings. The summed E-state index contributed by atoms with van der Waals surface area (Å²) in [5.74, 6) is 1.51. The van der Waals surface area contributed by atoms with Crippen molar-refractivity contribution in [3.8, 4) is 22.5 Å². The second kappa shape index (κ2) is 11.9. The third kappa shape index (κ3) is 6.40. The van der Waals surface area contributed by atoms with E-state index in [2.05, 4.69) is 64.8 Å². The standard InChI is InChI=1S/C14H15N5S.C11H8ClN5S/c1-3-11-5-4-6-12(17-11)18-14-19-13(9(2)20-14)10-7-15-16-8-10;12-9-2-1-3-10(16-9)17-11-15-8(6-18-11)7-4-13-14-5-7/h4-8H,3H2,1-2H3,(H,15,16)(H,17,18,19);1-6H,(H,13,14)(H,15,16,17). The molecule has 0 aliphatic carbocycles. The van der Waals surface area contributed by atoms with Gasteiger partial charge in [0, 0.05) is 39.5 Å². The van der Waals surface area contributed by atoms with E-state index in [-0.39, 0.29) is 0 Å². The minimum Gasteiger partial charge on any atom is -0.316 e. The average Bonchev–Trinajstić information content (AvgIpc) is 3.72. The maximum atomic E-state index is 5.82. The Kier molecular flexibility index (Phi) is 8.02. The van der Waals surface area contributed by atoms with Crippen LogP contribution in [-0.2, 0) is 6.42 Å². The molecule has 38 heavy (non-hydrogen) atoms. The van der Waals surface area contributed by atoms with Crippen LogP contribution in [0.4, 0.5) is 21.9 Å². The number of hydrogen-bond donors (Lipinski definition) is 4. The molecular weight excluding hydrogens is 540 g/mol. The SMILES string of the molecule is CCc1cccc(Nc2nc(-c3cn[nH]c3)c(C)s2)n1.Clc1cccc(Nc2nc(-c3cn[nH]c3)cs2)n1. The highest BCUT2D eigenvalue weighted by Gasteiger charge is 2.11. The monoisotopic (exact) mass is 562 g/mol. The summed E-state index contributed by atoms with van der Waals surface area (Å²) >= 11 is 8.94. The van der Waals surface area contributed by atoms with E-state index < -0.39 is 0 Å². The van der Waals surface area contributed by atoms with Crippen LogP contribution in [0.25, 0.3) is 22.5 Å². The summed E-state index contributed by atoms with van der Waals surface area (Å²) in [5.41, 5.74) is 4.86. The first-order chi connectivity index (χ1) is 18.6. The summed E-state index contributed by atoms with van der Waals surface area (Å²) in [7, 11) is 0. The molecule has 0 unspecified atom stereocenters. The van der Waals surface area contributed by atoms with E-state index in [1.54, 1.807) is 36.0 Å². The second-order valence-electron chi connectivity index (χ2n) is 7.90. The number of aromatic amines is 2. The zero-order chi connectivity index (χ0) is 26.3. The number of nitrogens with zero attached hydrogens (tertiary/aromatic N) is 6. The predicted molar refractivity (Wildman–Crippen MR) is 154 cm³/mol. The molecule has 13 heteroatoms. The Balaban J connectivity index is 0.000000156. The molecule has 0 fully saturated rings. The minimum absolute atomic E-state index is 0.451. The van der Waals surface area contributed by atoms with Crippen LogP contribution in [0.1, 0.15) is 17.5 Å². The molecule has 192 valence electrons. The topological polar surface area (TPSA) is 133 Å². The largest absolute Gasteiger partial charge is 0.316 e. The van der Waals surface area contributed by atoms with Crippen molar-refractivity contribution in [1.29, 1.82) is 0 Å². The lowest BCUT2D eigenvalue weighted by atomic mass is 10.2. The third-order valence-electron chi connectivity index (χ3n) is 5.22. The average molecular weight is 563 g/mol. The summed E-state index contributed by atoms with van der Waals surface area (Å²) in [4.78, 5) is 18.9. The number of nitrogens with one attached hydrogen (secondary N) is 4. The van der Waals surface area contributed by atoms with Gasteiger partial charge in [-0.15, -0.1) is 22.7 Å². The molecule has 6 aromatic rings. The van der Waals surface area contributed by atoms with E-state index >= 15 is 0 Å². The Hall–Kier alpha value is -4.13. The molecule has 0 radical (unpaired) electrons. The predicted octanol–water partition coefficient (Wildman–Crippen LogP) is 6.87. The van der Waals surface area contributed by atoms with E-state index in [1.165, 1.54) is 11.3 Å². The molecular formula is C25H23ClN10S2. The molecule has 0 aliphatic heterocycles. The summed E-state index contributed by atoms with van der Waals surface area (Å²) in [6, 6.07) is 11.4. The van der Waals surface area contributed by atoms with Crippen LogP contribution in [0.2, 0.25) is 5.15 Å². The Morgan fingerprint density at radius 3 is 2.26 bits per heavy atom. The van der Waals surface area contributed by atoms with Gasteiger partial charge in [0.2, 0.25) is 0 Å². The van der Waals surface area contributed by atoms with Crippen molar-refractivity contribution in [3.63, 3.8) is 0 Å². The number of thiazole rings is 2. The van der Waals surface area contributed by atoms with Crippen LogP contribution < -0.4 is 10.6 Å². The van der Waals surface area contributed by atoms with Gasteiger partial charge in [-0.3, -0.25) is 10.2 Å². The van der Waals surface area contributed by atoms with E-state index in [4.69, 9.17) is 11.6 Å². The fourth-order valence-corrected chi connectivity index (χ4v) is 5.13. The van der Waals surface area contributed by atoms with Gasteiger partial charge in [0.15, 0.2) is 10.3 Å². The van der Waals surface area contributed by atoms with Gasteiger partial charge in [-0.05, 0) is 37.6 Å². The third-order valence-corrected chi connectivity index (χ3v) is 7.07. The van der Waals surface area contributed by atoms with Gasteiger partial charge in [-0.2, -0.15) is 10.2 Å². The first-order valence-corrected chi connectivity index (χ1v) is 13.7. The van der Waals surface area contributed by atoms with Gasteiger partial charge < -0.3 is 10.6 Å². The van der Waals surface area contributed by atoms with Crippen molar-refractivity contribution < 1.29 is 0 Å². The fraction of sp³-hybridized carbons (Fsp3) is 0.120. The number of rotatable bonds is 7. The van der Waals surface area contributed by atoms with Crippen LogP contribution in [0.15, 0.2) is 66.6 Å². The number of pyridine rings is 2. The summed E-state index contributed by atoms with van der Waals surface area (Å²) in [6.07, 6.45) is 8.09. The maximum Gasteiger partial charge on any atom is 0.189 e. The summed E-state index contributed by atoms with van der Waals surface area (Å²) in [5, 5.41) is 23.8. The number of halogens is 1. The highest BCUT2D eigenvalue weighted by Crippen LogP contribution is 2.31. The van der Waals surface area contributed by atoms with Crippen LogP contribution in [0.5, 0.6) is 0 Å². The van der Waals surface area contributed by atoms with E-state index in [0.717, 1.165) is 55.6 Å². The lowest BCUT2D eigenvalue weighted by molar-refractivity contribution is 1.04. The fourth-order valence-electron chi connectivity index (χ4n) is 3.40. The van der Waals surface area contributed by atoms with Crippen LogP contribution in [0.3, 0.4) is 0 Å². The van der Waals surface area contributed by atoms with E-state index in [9.17, 15) is 0 Å². The van der Waals surface area contributed by atoms with Crippen molar-refractivity contribution >= 4 is 56.2 Å². The first kappa shape index (κ1) is 25.5. The van der Waals surface area contributed by atoms with E-state index in [0.29, 0.717) is 11.0 Å². The molecule has 0 atom stereocenters. The van der Waals surface area contributed by atoms with Gasteiger partial charge in [0.05, 0.1) is 23.8 Å². The molecule has 0 saturated heterocycles. The molecule has 0 amide bonds. The number of hydrogen-bond acceptors (Lipinski definition) is 10. The first-order valence-electron chi connectivity index (χ1n) is 11.6. The molecule has 0 saturated carbocycles. The molecule has 0 bridgehead atoms. The number of aryl methyl sites for hydroxylation is 2. The normalized spacial score (nSPS) is 10.6. The van der Waals surface area contributed by atoms with Crippen molar-refractivity contribution in [2.45, 2.75) is 20.3 Å². The lowest BCUT2D eigenvalue weighted by Crippen LogP contribution is -1.95. The number of anilines is 4. The molecule has 6 heterocycles. The van der Waals surface area contributed by atoms with Gasteiger partial charge >= 0.3 is 0 Å². The zero-order valence-electron chi connectivity index (χ0n) is 20.4. The quantitative estimate of drug-likeness (QED) is 0.155. The van der Waals surface area contributed by atoms with Crippen molar-refractivity contribution in [3.05, 3.63) is 82.3 Å². The summed E-state index contributed by atoms with van der Waals surface area (Å²) in [6.45, 7) is 4.15. The van der Waals surface area contributed by atoms with Gasteiger partial charge in [0.1, 0.15) is 16.8 Å². The number of H-pyrrole nitrogens is 2. The van der Waals surface area contributed by atoms with Crippen molar-refractivity contribution in [1.82, 2.24) is 40.3 Å². The highest BCUT2D eigenvalue weighted by atomic mass is 35.5. The molecule has 6 aromatic heterocycles. The lowest BCUT2D eigenvalue weighted by Gasteiger charge is -2.03. The summed E-state index contributed by atoms with van der Waals surface area (Å²) < 4.78 is 0. The molecule has 10 nitrogen and oxygen atoms in total. The molecule has 6 rings (SSSR count). The molecule has 4 N–H and O–H groups in total. The smallest absolute Gasteiger partial charge is 0.189 e. The Morgan fingerprint density at radius 2 is 1.55 bits per heavy atom.